The first-order valence-electron chi connectivity index (χ1n) is 13.1. The molecule has 4 saturated carbocycles. The predicted octanol–water partition coefficient (Wildman–Crippen LogP) is 5.76. The Kier molecular flexibility index (Phi) is 6.17. The van der Waals surface area contributed by atoms with Crippen LogP contribution in [0.2, 0.25) is 0 Å². The lowest BCUT2D eigenvalue weighted by atomic mass is 9.44. The average Bonchev–Trinajstić information content (AvgIpc) is 3.03. The van der Waals surface area contributed by atoms with Gasteiger partial charge >= 0.3 is 0 Å². The van der Waals surface area contributed by atoms with E-state index in [9.17, 15) is 15.3 Å². The molecule has 174 valence electrons. The first kappa shape index (κ1) is 23.1. The monoisotopic (exact) mass is 420 g/mol. The van der Waals surface area contributed by atoms with Crippen molar-refractivity contribution < 1.29 is 15.3 Å². The molecule has 0 aliphatic heterocycles. The van der Waals surface area contributed by atoms with Crippen LogP contribution >= 0.6 is 0 Å². The molecule has 30 heavy (non-hydrogen) atoms. The summed E-state index contributed by atoms with van der Waals surface area (Å²) in [7, 11) is 0. The fraction of sp³-hybridized carbons (Fsp3) is 1.00. The van der Waals surface area contributed by atoms with Crippen LogP contribution in [-0.2, 0) is 0 Å². The van der Waals surface area contributed by atoms with E-state index in [1.807, 2.05) is 0 Å². The summed E-state index contributed by atoms with van der Waals surface area (Å²) in [5.74, 6) is 3.41. The molecule has 4 aliphatic rings. The van der Waals surface area contributed by atoms with Crippen LogP contribution in [0.15, 0.2) is 0 Å². The predicted molar refractivity (Wildman–Crippen MR) is 122 cm³/mol. The molecule has 3 nitrogen and oxygen atoms in total. The van der Waals surface area contributed by atoms with Crippen LogP contribution in [0.5, 0.6) is 0 Å². The average molecular weight is 421 g/mol. The van der Waals surface area contributed by atoms with E-state index in [2.05, 4.69) is 34.6 Å². The number of rotatable bonds is 5. The SMILES string of the molecule is CC(C)C(O)CC[C@@H](C)[C@H]1CC[C@H]2[C@@H]3CC[C@H]4CC(O)(O)CC[C@]4(C)[C@H]3CC[C@]12C. The van der Waals surface area contributed by atoms with Gasteiger partial charge in [-0.1, -0.05) is 34.6 Å². The van der Waals surface area contributed by atoms with Gasteiger partial charge < -0.3 is 15.3 Å². The van der Waals surface area contributed by atoms with Crippen molar-refractivity contribution >= 4 is 0 Å². The van der Waals surface area contributed by atoms with Gasteiger partial charge in [0.15, 0.2) is 5.79 Å². The van der Waals surface area contributed by atoms with Crippen molar-refractivity contribution in [1.29, 1.82) is 0 Å². The molecule has 1 unspecified atom stereocenters. The molecule has 0 bridgehead atoms. The van der Waals surface area contributed by atoms with E-state index in [0.29, 0.717) is 41.4 Å². The fourth-order valence-electron chi connectivity index (χ4n) is 9.17. The number of aliphatic hydroxyl groups excluding tert-OH is 1. The van der Waals surface area contributed by atoms with Crippen LogP contribution in [-0.4, -0.2) is 27.2 Å². The third-order valence-corrected chi connectivity index (χ3v) is 11.2. The van der Waals surface area contributed by atoms with E-state index in [-0.39, 0.29) is 6.10 Å². The minimum Gasteiger partial charge on any atom is -0.393 e. The van der Waals surface area contributed by atoms with Crippen molar-refractivity contribution in [3.8, 4) is 0 Å². The molecule has 4 fully saturated rings. The maximum absolute atomic E-state index is 10.3. The Morgan fingerprint density at radius 1 is 0.800 bits per heavy atom. The lowest BCUT2D eigenvalue weighted by Gasteiger charge is -2.61. The molecule has 4 rings (SSSR count). The molecule has 0 heterocycles. The zero-order chi connectivity index (χ0) is 21.9. The van der Waals surface area contributed by atoms with Gasteiger partial charge in [-0.2, -0.15) is 0 Å². The van der Waals surface area contributed by atoms with Crippen LogP contribution in [0.4, 0.5) is 0 Å². The van der Waals surface area contributed by atoms with Gasteiger partial charge in [-0.15, -0.1) is 0 Å². The molecular formula is C27H48O3. The lowest BCUT2D eigenvalue weighted by molar-refractivity contribution is -0.233. The highest BCUT2D eigenvalue weighted by Crippen LogP contribution is 2.68. The van der Waals surface area contributed by atoms with Crippen molar-refractivity contribution in [3.63, 3.8) is 0 Å². The highest BCUT2D eigenvalue weighted by Gasteiger charge is 2.61. The summed E-state index contributed by atoms with van der Waals surface area (Å²) in [6, 6.07) is 0. The second-order valence-corrected chi connectivity index (χ2v) is 12.9. The zero-order valence-electron chi connectivity index (χ0n) is 20.2. The van der Waals surface area contributed by atoms with Crippen LogP contribution in [0.25, 0.3) is 0 Å². The van der Waals surface area contributed by atoms with E-state index in [1.54, 1.807) is 0 Å². The fourth-order valence-corrected chi connectivity index (χ4v) is 9.17. The van der Waals surface area contributed by atoms with Crippen molar-refractivity contribution in [2.45, 2.75) is 117 Å². The lowest BCUT2D eigenvalue weighted by Crippen LogP contribution is -2.56. The van der Waals surface area contributed by atoms with Crippen molar-refractivity contribution in [2.24, 2.45) is 52.3 Å². The molecule has 0 aromatic rings. The largest absolute Gasteiger partial charge is 0.393 e. The van der Waals surface area contributed by atoms with Gasteiger partial charge in [-0.3, -0.25) is 0 Å². The van der Waals surface area contributed by atoms with E-state index >= 15 is 0 Å². The highest BCUT2D eigenvalue weighted by atomic mass is 16.5. The third kappa shape index (κ3) is 3.79. The summed E-state index contributed by atoms with van der Waals surface area (Å²) in [6.45, 7) is 11.8. The summed E-state index contributed by atoms with van der Waals surface area (Å²) >= 11 is 0. The second kappa shape index (κ2) is 8.03. The van der Waals surface area contributed by atoms with Gasteiger partial charge in [-0.05, 0) is 110 Å². The maximum Gasteiger partial charge on any atom is 0.162 e. The van der Waals surface area contributed by atoms with Crippen molar-refractivity contribution in [3.05, 3.63) is 0 Å². The van der Waals surface area contributed by atoms with E-state index in [4.69, 9.17) is 0 Å². The minimum absolute atomic E-state index is 0.153. The minimum atomic E-state index is -1.42. The van der Waals surface area contributed by atoms with Crippen LogP contribution < -0.4 is 0 Å². The third-order valence-electron chi connectivity index (χ3n) is 11.2. The van der Waals surface area contributed by atoms with E-state index < -0.39 is 5.79 Å². The van der Waals surface area contributed by atoms with Gasteiger partial charge in [0.2, 0.25) is 0 Å². The van der Waals surface area contributed by atoms with E-state index in [1.165, 1.54) is 38.5 Å². The second-order valence-electron chi connectivity index (χ2n) is 12.9. The van der Waals surface area contributed by atoms with Gasteiger partial charge in [0.25, 0.3) is 0 Å². The van der Waals surface area contributed by atoms with Crippen molar-refractivity contribution in [1.82, 2.24) is 0 Å². The quantitative estimate of drug-likeness (QED) is 0.496. The smallest absolute Gasteiger partial charge is 0.162 e. The molecule has 0 aromatic heterocycles. The topological polar surface area (TPSA) is 60.7 Å². The zero-order valence-corrected chi connectivity index (χ0v) is 20.2. The molecule has 0 radical (unpaired) electrons. The summed E-state index contributed by atoms with van der Waals surface area (Å²) < 4.78 is 0. The van der Waals surface area contributed by atoms with Gasteiger partial charge in [-0.25, -0.2) is 0 Å². The summed E-state index contributed by atoms with van der Waals surface area (Å²) in [6.07, 6.45) is 12.0. The van der Waals surface area contributed by atoms with Gasteiger partial charge in [0.1, 0.15) is 0 Å². The molecule has 9 atom stereocenters. The molecule has 0 saturated heterocycles. The molecule has 0 aromatic carbocycles. The molecule has 3 heteroatoms. The summed E-state index contributed by atoms with van der Waals surface area (Å²) in [5.41, 5.74) is 0.781. The molecular weight excluding hydrogens is 372 g/mol. The first-order valence-corrected chi connectivity index (χ1v) is 13.1. The molecule has 0 amide bonds. The number of hydrogen-bond donors (Lipinski definition) is 3. The number of hydrogen-bond acceptors (Lipinski definition) is 3. The Bertz CT molecular complexity index is 615. The molecule has 4 aliphatic carbocycles. The Morgan fingerprint density at radius 3 is 2.20 bits per heavy atom. The first-order chi connectivity index (χ1) is 14.0. The highest BCUT2D eigenvalue weighted by molar-refractivity contribution is 5.10. The Balaban J connectivity index is 1.46. The van der Waals surface area contributed by atoms with Gasteiger partial charge in [0, 0.05) is 12.8 Å². The standard InChI is InChI=1S/C27H48O3/c1-17(2)24(28)11-6-18(3)21-9-10-22-20-8-7-19-16-27(29,30)15-14-25(19,4)23(20)12-13-26(21,22)5/h17-24,28-30H,6-16H2,1-5H3/t18-,19+,20+,21-,22+,23+,24?,25+,26-/m1/s1. The van der Waals surface area contributed by atoms with Crippen LogP contribution in [0.1, 0.15) is 105 Å². The van der Waals surface area contributed by atoms with Crippen LogP contribution in [0, 0.1) is 52.3 Å². The van der Waals surface area contributed by atoms with Crippen molar-refractivity contribution in [2.75, 3.05) is 0 Å². The molecule has 0 spiro atoms. The Morgan fingerprint density at radius 2 is 1.50 bits per heavy atom. The van der Waals surface area contributed by atoms with Crippen LogP contribution in [0.3, 0.4) is 0 Å². The van der Waals surface area contributed by atoms with Gasteiger partial charge in [0.05, 0.1) is 6.10 Å². The number of fused-ring (bicyclic) bond motifs is 5. The Hall–Kier alpha value is -0.120. The summed E-state index contributed by atoms with van der Waals surface area (Å²) in [5, 5.41) is 30.9. The normalized spacial score (nSPS) is 47.3. The Labute approximate surface area is 185 Å². The summed E-state index contributed by atoms with van der Waals surface area (Å²) in [4.78, 5) is 0. The maximum atomic E-state index is 10.3. The molecule has 3 N–H and O–H groups in total. The van der Waals surface area contributed by atoms with E-state index in [0.717, 1.165) is 42.9 Å². The number of aliphatic hydroxyl groups is 3.